The summed E-state index contributed by atoms with van der Waals surface area (Å²) in [4.78, 5) is 11.6. The Balaban J connectivity index is 0.00000112. The van der Waals surface area contributed by atoms with Gasteiger partial charge in [0, 0.05) is 46.1 Å². The Kier molecular flexibility index (Phi) is 3.90. The molecular formula is C11H12N2OPb. The predicted octanol–water partition coefficient (Wildman–Crippen LogP) is 1.10. The van der Waals surface area contributed by atoms with E-state index in [2.05, 4.69) is 0 Å². The van der Waals surface area contributed by atoms with Gasteiger partial charge in [-0.1, -0.05) is 18.2 Å². The summed E-state index contributed by atoms with van der Waals surface area (Å²) in [5.41, 5.74) is 1.86. The first-order valence-corrected chi connectivity index (χ1v) is 4.51. The van der Waals surface area contributed by atoms with Crippen LogP contribution in [0.5, 0.6) is 0 Å². The number of hydrogen-bond donors (Lipinski definition) is 0. The van der Waals surface area contributed by atoms with E-state index in [4.69, 9.17) is 0 Å². The van der Waals surface area contributed by atoms with Gasteiger partial charge >= 0.3 is 0 Å². The van der Waals surface area contributed by atoms with Gasteiger partial charge in [0.25, 0.3) is 5.56 Å². The minimum Gasteiger partial charge on any atom is -0.285 e. The Hall–Kier alpha value is -0.848. The molecule has 0 saturated heterocycles. The molecule has 0 bridgehead atoms. The standard InChI is InChI=1S/C11H12N2O.Pb/c1-9-8-11(14)13(12(9)2)10-6-4-3-5-7-10;/h3-8H,1-2H3;. The number of nitrogens with zero attached hydrogens (tertiary/aromatic N) is 2. The van der Waals surface area contributed by atoms with E-state index in [1.165, 1.54) is 0 Å². The molecule has 2 rings (SSSR count). The first-order valence-electron chi connectivity index (χ1n) is 4.51. The van der Waals surface area contributed by atoms with Crippen LogP contribution in [-0.2, 0) is 7.05 Å². The van der Waals surface area contributed by atoms with Crippen LogP contribution in [0.3, 0.4) is 0 Å². The van der Waals surface area contributed by atoms with Crippen LogP contribution in [0.25, 0.3) is 5.69 Å². The fraction of sp³-hybridized carbons (Fsp3) is 0.182. The number of rotatable bonds is 1. The molecule has 0 aliphatic rings. The Labute approximate surface area is 108 Å². The van der Waals surface area contributed by atoms with Crippen LogP contribution >= 0.6 is 0 Å². The van der Waals surface area contributed by atoms with Gasteiger partial charge in [-0.15, -0.1) is 0 Å². The van der Waals surface area contributed by atoms with Crippen LogP contribution in [-0.4, -0.2) is 36.7 Å². The van der Waals surface area contributed by atoms with Crippen LogP contribution in [0.1, 0.15) is 5.69 Å². The maximum absolute atomic E-state index is 11.6. The van der Waals surface area contributed by atoms with E-state index in [0.29, 0.717) is 0 Å². The van der Waals surface area contributed by atoms with E-state index >= 15 is 0 Å². The second kappa shape index (κ2) is 4.78. The quantitative estimate of drug-likeness (QED) is 0.665. The van der Waals surface area contributed by atoms with Crippen LogP contribution in [0.2, 0.25) is 0 Å². The first kappa shape index (κ1) is 12.2. The molecule has 0 saturated carbocycles. The van der Waals surface area contributed by atoms with Crippen molar-refractivity contribution in [2.24, 2.45) is 7.05 Å². The molecule has 2 aromatic rings. The van der Waals surface area contributed by atoms with Gasteiger partial charge in [0.2, 0.25) is 0 Å². The molecule has 0 unspecified atom stereocenters. The largest absolute Gasteiger partial charge is 0.285 e. The summed E-state index contributed by atoms with van der Waals surface area (Å²) in [5, 5.41) is 0. The molecule has 0 N–H and O–H groups in total. The molecule has 0 aliphatic carbocycles. The zero-order valence-corrected chi connectivity index (χ0v) is 12.7. The fourth-order valence-corrected chi connectivity index (χ4v) is 1.51. The molecule has 0 atom stereocenters. The number of aryl methyl sites for hydroxylation is 1. The first-order chi connectivity index (χ1) is 6.70. The van der Waals surface area contributed by atoms with Crippen molar-refractivity contribution in [1.82, 2.24) is 9.36 Å². The van der Waals surface area contributed by atoms with Crippen LogP contribution in [0.15, 0.2) is 41.2 Å². The summed E-state index contributed by atoms with van der Waals surface area (Å²) in [6.07, 6.45) is 0. The molecule has 0 fully saturated rings. The van der Waals surface area contributed by atoms with Gasteiger partial charge in [0.05, 0.1) is 5.69 Å². The Morgan fingerprint density at radius 2 is 1.73 bits per heavy atom. The van der Waals surface area contributed by atoms with E-state index < -0.39 is 0 Å². The van der Waals surface area contributed by atoms with Gasteiger partial charge in [-0.25, -0.2) is 4.68 Å². The summed E-state index contributed by atoms with van der Waals surface area (Å²) in [6, 6.07) is 11.2. The third-order valence-corrected chi connectivity index (χ3v) is 2.35. The summed E-state index contributed by atoms with van der Waals surface area (Å²) >= 11 is 0. The minimum atomic E-state index is 0. The van der Waals surface area contributed by atoms with Gasteiger partial charge < -0.3 is 0 Å². The minimum absolute atomic E-state index is 0. The average molecular weight is 395 g/mol. The SMILES string of the molecule is Cc1cc(=O)n(-c2ccccc2)n1C.[Pb]. The third-order valence-electron chi connectivity index (χ3n) is 2.35. The van der Waals surface area contributed by atoms with Crippen molar-refractivity contribution < 1.29 is 0 Å². The summed E-state index contributed by atoms with van der Waals surface area (Å²) in [6.45, 7) is 1.92. The Morgan fingerprint density at radius 3 is 2.20 bits per heavy atom. The van der Waals surface area contributed by atoms with Crippen molar-refractivity contribution in [3.8, 4) is 5.69 Å². The normalized spacial score (nSPS) is 9.73. The summed E-state index contributed by atoms with van der Waals surface area (Å²) in [5.74, 6) is 0. The van der Waals surface area contributed by atoms with Crippen molar-refractivity contribution in [2.45, 2.75) is 6.92 Å². The molecule has 4 radical (unpaired) electrons. The second-order valence-electron chi connectivity index (χ2n) is 3.29. The molecule has 15 heavy (non-hydrogen) atoms. The second-order valence-corrected chi connectivity index (χ2v) is 3.29. The van der Waals surface area contributed by atoms with E-state index in [1.54, 1.807) is 10.7 Å². The van der Waals surface area contributed by atoms with E-state index in [0.717, 1.165) is 11.4 Å². The van der Waals surface area contributed by atoms with E-state index in [1.807, 2.05) is 49.0 Å². The number of aromatic nitrogens is 2. The maximum Gasteiger partial charge on any atom is 0.271 e. The van der Waals surface area contributed by atoms with Gasteiger partial charge in [0.1, 0.15) is 0 Å². The Bertz CT molecular complexity index is 499. The zero-order valence-electron chi connectivity index (χ0n) is 8.77. The third kappa shape index (κ3) is 2.22. The number of para-hydroxylation sites is 1. The zero-order chi connectivity index (χ0) is 10.1. The number of hydrogen-bond acceptors (Lipinski definition) is 1. The molecule has 1 aromatic carbocycles. The molecule has 4 heteroatoms. The van der Waals surface area contributed by atoms with Crippen LogP contribution in [0, 0.1) is 6.92 Å². The average Bonchev–Trinajstić information content (AvgIpc) is 2.43. The molecule has 1 heterocycles. The van der Waals surface area contributed by atoms with E-state index in [-0.39, 0.29) is 32.9 Å². The van der Waals surface area contributed by atoms with Gasteiger partial charge in [-0.2, -0.15) is 0 Å². The summed E-state index contributed by atoms with van der Waals surface area (Å²) in [7, 11) is 1.88. The van der Waals surface area contributed by atoms with E-state index in [9.17, 15) is 4.79 Å². The predicted molar refractivity (Wildman–Crippen MR) is 61.5 cm³/mol. The van der Waals surface area contributed by atoms with Crippen molar-refractivity contribution in [3.63, 3.8) is 0 Å². The molecule has 1 aromatic heterocycles. The molecule has 76 valence electrons. The van der Waals surface area contributed by atoms with Crippen LogP contribution < -0.4 is 5.56 Å². The smallest absolute Gasteiger partial charge is 0.271 e. The molecule has 0 spiro atoms. The van der Waals surface area contributed by atoms with Crippen molar-refractivity contribution >= 4 is 27.3 Å². The monoisotopic (exact) mass is 396 g/mol. The van der Waals surface area contributed by atoms with Gasteiger partial charge in [0.15, 0.2) is 0 Å². The van der Waals surface area contributed by atoms with Gasteiger partial charge in [-0.05, 0) is 19.1 Å². The maximum atomic E-state index is 11.6. The fourth-order valence-electron chi connectivity index (χ4n) is 1.51. The van der Waals surface area contributed by atoms with Gasteiger partial charge in [-0.3, -0.25) is 9.48 Å². The molecular weight excluding hydrogens is 383 g/mol. The van der Waals surface area contributed by atoms with Crippen LogP contribution in [0.4, 0.5) is 0 Å². The van der Waals surface area contributed by atoms with Crippen molar-refractivity contribution in [1.29, 1.82) is 0 Å². The topological polar surface area (TPSA) is 26.9 Å². The molecule has 0 amide bonds. The Morgan fingerprint density at radius 1 is 1.13 bits per heavy atom. The van der Waals surface area contributed by atoms with Crippen molar-refractivity contribution in [3.05, 3.63) is 52.4 Å². The van der Waals surface area contributed by atoms with Crippen molar-refractivity contribution in [2.75, 3.05) is 0 Å². The summed E-state index contributed by atoms with van der Waals surface area (Å²) < 4.78 is 3.49. The molecule has 3 nitrogen and oxygen atoms in total. The number of benzene rings is 1. The molecule has 0 aliphatic heterocycles.